The van der Waals surface area contributed by atoms with Crippen molar-refractivity contribution >= 4 is 11.7 Å². The number of oxazole rings is 1. The van der Waals surface area contributed by atoms with E-state index in [0.29, 0.717) is 18.4 Å². The zero-order valence-corrected chi connectivity index (χ0v) is 13.8. The van der Waals surface area contributed by atoms with Crippen LogP contribution in [0.5, 0.6) is 0 Å². The quantitative estimate of drug-likeness (QED) is 0.803. The van der Waals surface area contributed by atoms with Gasteiger partial charge in [-0.25, -0.2) is 9.78 Å². The summed E-state index contributed by atoms with van der Waals surface area (Å²) in [7, 11) is 0. The number of nitrogens with one attached hydrogen (secondary N) is 2. The van der Waals surface area contributed by atoms with Crippen molar-refractivity contribution in [1.29, 1.82) is 0 Å². The largest absolute Gasteiger partial charge is 0.445 e. The predicted octanol–water partition coefficient (Wildman–Crippen LogP) is 3.32. The Morgan fingerprint density at radius 3 is 3.04 bits per heavy atom. The third kappa shape index (κ3) is 4.14. The first-order valence-corrected chi connectivity index (χ1v) is 8.35. The Labute approximate surface area is 141 Å². The third-order valence-corrected chi connectivity index (χ3v) is 4.47. The minimum absolute atomic E-state index is 0.228. The molecule has 0 spiro atoms. The maximum Gasteiger partial charge on any atom is 0.319 e. The summed E-state index contributed by atoms with van der Waals surface area (Å²) in [6.07, 6.45) is 6.59. The summed E-state index contributed by atoms with van der Waals surface area (Å²) in [5, 5.41) is 15.5. The molecule has 3 rings (SSSR count). The molecule has 0 radical (unpaired) electrons. The fourth-order valence-electron chi connectivity index (χ4n) is 3.11. The highest BCUT2D eigenvalue weighted by Gasteiger charge is 2.20. The number of hydrogen-bond acceptors (Lipinski definition) is 4. The van der Waals surface area contributed by atoms with Crippen LogP contribution in [0.2, 0.25) is 0 Å². The normalized spacial score (nSPS) is 20.6. The average Bonchev–Trinajstić information content (AvgIpc) is 3.10. The van der Waals surface area contributed by atoms with E-state index in [1.807, 2.05) is 25.1 Å². The molecule has 0 saturated heterocycles. The number of aliphatic hydroxyl groups is 1. The molecule has 6 heteroatoms. The van der Waals surface area contributed by atoms with Crippen LogP contribution in [-0.4, -0.2) is 28.8 Å². The summed E-state index contributed by atoms with van der Waals surface area (Å²) in [5.41, 5.74) is 2.51. The number of rotatable bonds is 4. The van der Waals surface area contributed by atoms with E-state index >= 15 is 0 Å². The van der Waals surface area contributed by atoms with Gasteiger partial charge in [0.1, 0.15) is 6.26 Å². The van der Waals surface area contributed by atoms with Crippen LogP contribution >= 0.6 is 0 Å². The van der Waals surface area contributed by atoms with Crippen molar-refractivity contribution in [2.24, 2.45) is 5.92 Å². The first kappa shape index (κ1) is 16.5. The fourth-order valence-corrected chi connectivity index (χ4v) is 3.11. The zero-order valence-electron chi connectivity index (χ0n) is 13.8. The fraction of sp³-hybridized carbons (Fsp3) is 0.444. The molecule has 1 heterocycles. The lowest BCUT2D eigenvalue weighted by molar-refractivity contribution is 0.101. The molecule has 2 atom stereocenters. The molecule has 0 bridgehead atoms. The van der Waals surface area contributed by atoms with Crippen molar-refractivity contribution in [3.05, 3.63) is 36.2 Å². The Morgan fingerprint density at radius 2 is 2.29 bits per heavy atom. The Hall–Kier alpha value is -2.34. The topological polar surface area (TPSA) is 87.4 Å². The second kappa shape index (κ2) is 7.49. The van der Waals surface area contributed by atoms with E-state index in [1.54, 1.807) is 6.20 Å². The number of aromatic nitrogens is 1. The summed E-state index contributed by atoms with van der Waals surface area (Å²) >= 11 is 0. The molecule has 1 aliphatic carbocycles. The Kier molecular flexibility index (Phi) is 5.15. The maximum absolute atomic E-state index is 12.2. The number of nitrogens with zero attached hydrogens (tertiary/aromatic N) is 1. The summed E-state index contributed by atoms with van der Waals surface area (Å²) < 4.78 is 5.29. The molecule has 128 valence electrons. The van der Waals surface area contributed by atoms with Gasteiger partial charge in [-0.1, -0.05) is 12.5 Å². The highest BCUT2D eigenvalue weighted by atomic mass is 16.3. The number of anilines is 1. The summed E-state index contributed by atoms with van der Waals surface area (Å²) in [6.45, 7) is 2.52. The van der Waals surface area contributed by atoms with E-state index in [1.165, 1.54) is 6.26 Å². The minimum atomic E-state index is -0.234. The van der Waals surface area contributed by atoms with Gasteiger partial charge in [-0.2, -0.15) is 0 Å². The van der Waals surface area contributed by atoms with Gasteiger partial charge in [0.2, 0.25) is 5.89 Å². The molecule has 2 aromatic rings. The van der Waals surface area contributed by atoms with Crippen molar-refractivity contribution in [2.75, 3.05) is 11.9 Å². The molecule has 6 nitrogen and oxygen atoms in total. The van der Waals surface area contributed by atoms with Crippen molar-refractivity contribution in [1.82, 2.24) is 10.3 Å². The molecule has 1 aromatic heterocycles. The van der Waals surface area contributed by atoms with Crippen LogP contribution in [0, 0.1) is 12.8 Å². The number of hydrogen-bond donors (Lipinski definition) is 3. The Balaban J connectivity index is 1.58. The van der Waals surface area contributed by atoms with Crippen molar-refractivity contribution in [3.8, 4) is 11.5 Å². The molecule has 24 heavy (non-hydrogen) atoms. The molecule has 2 amide bonds. The highest BCUT2D eigenvalue weighted by Crippen LogP contribution is 2.25. The van der Waals surface area contributed by atoms with Crippen LogP contribution in [0.15, 0.2) is 35.1 Å². The lowest BCUT2D eigenvalue weighted by atomic mass is 9.87. The lowest BCUT2D eigenvalue weighted by Gasteiger charge is -2.26. The van der Waals surface area contributed by atoms with Crippen molar-refractivity contribution < 1.29 is 14.3 Å². The van der Waals surface area contributed by atoms with Gasteiger partial charge in [0.15, 0.2) is 0 Å². The lowest BCUT2D eigenvalue weighted by Crippen LogP contribution is -2.35. The first-order chi connectivity index (χ1) is 11.6. The van der Waals surface area contributed by atoms with Gasteiger partial charge in [-0.3, -0.25) is 0 Å². The van der Waals surface area contributed by atoms with E-state index in [9.17, 15) is 9.90 Å². The smallest absolute Gasteiger partial charge is 0.319 e. The molecule has 1 fully saturated rings. The predicted molar refractivity (Wildman–Crippen MR) is 91.7 cm³/mol. The molecule has 0 aliphatic heterocycles. The van der Waals surface area contributed by atoms with Gasteiger partial charge in [-0.15, -0.1) is 0 Å². The summed E-state index contributed by atoms with van der Waals surface area (Å²) in [6, 6.07) is 5.45. The number of amides is 2. The average molecular weight is 329 g/mol. The van der Waals surface area contributed by atoms with Crippen molar-refractivity contribution in [3.63, 3.8) is 0 Å². The monoisotopic (exact) mass is 329 g/mol. The summed E-state index contributed by atoms with van der Waals surface area (Å²) in [5.74, 6) is 0.869. The van der Waals surface area contributed by atoms with E-state index < -0.39 is 0 Å². The SMILES string of the molecule is Cc1ccc(-c2ncco2)cc1NC(=O)NCC1CCCC(O)C1. The van der Waals surface area contributed by atoms with Crippen LogP contribution in [0.4, 0.5) is 10.5 Å². The van der Waals surface area contributed by atoms with Crippen LogP contribution < -0.4 is 10.6 Å². The number of carbonyl (C=O) groups is 1. The zero-order chi connectivity index (χ0) is 16.9. The van der Waals surface area contributed by atoms with Crippen LogP contribution in [0.1, 0.15) is 31.2 Å². The van der Waals surface area contributed by atoms with Gasteiger partial charge in [0.05, 0.1) is 12.3 Å². The number of urea groups is 1. The van der Waals surface area contributed by atoms with E-state index in [4.69, 9.17) is 4.42 Å². The van der Waals surface area contributed by atoms with Gasteiger partial charge >= 0.3 is 6.03 Å². The second-order valence-electron chi connectivity index (χ2n) is 6.39. The Bertz CT molecular complexity index is 685. The number of benzene rings is 1. The van der Waals surface area contributed by atoms with Gasteiger partial charge in [0.25, 0.3) is 0 Å². The third-order valence-electron chi connectivity index (χ3n) is 4.47. The number of carbonyl (C=O) groups excluding carboxylic acids is 1. The molecule has 1 saturated carbocycles. The van der Waals surface area contributed by atoms with Crippen LogP contribution in [-0.2, 0) is 0 Å². The molecular weight excluding hydrogens is 306 g/mol. The molecule has 2 unspecified atom stereocenters. The van der Waals surface area contributed by atoms with Crippen LogP contribution in [0.25, 0.3) is 11.5 Å². The van der Waals surface area contributed by atoms with Gasteiger partial charge < -0.3 is 20.2 Å². The molecule has 3 N–H and O–H groups in total. The van der Waals surface area contributed by atoms with E-state index in [-0.39, 0.29) is 12.1 Å². The maximum atomic E-state index is 12.2. The highest BCUT2D eigenvalue weighted by molar-refractivity contribution is 5.90. The number of aliphatic hydroxyl groups excluding tert-OH is 1. The molecular formula is C18H23N3O3. The second-order valence-corrected chi connectivity index (χ2v) is 6.39. The molecule has 1 aliphatic rings. The number of aryl methyl sites for hydroxylation is 1. The standard InChI is InChI=1S/C18H23N3O3/c1-12-5-6-14(17-19-7-8-24-17)10-16(12)21-18(23)20-11-13-3-2-4-15(22)9-13/h5-8,10,13,15,22H,2-4,9,11H2,1H3,(H2,20,21,23). The van der Waals surface area contributed by atoms with Gasteiger partial charge in [0, 0.05) is 17.8 Å². The summed E-state index contributed by atoms with van der Waals surface area (Å²) in [4.78, 5) is 16.3. The van der Waals surface area contributed by atoms with E-state index in [0.717, 1.165) is 42.5 Å². The first-order valence-electron chi connectivity index (χ1n) is 8.35. The van der Waals surface area contributed by atoms with Crippen molar-refractivity contribution in [2.45, 2.75) is 38.7 Å². The van der Waals surface area contributed by atoms with E-state index in [2.05, 4.69) is 15.6 Å². The minimum Gasteiger partial charge on any atom is -0.445 e. The van der Waals surface area contributed by atoms with Gasteiger partial charge in [-0.05, 0) is 49.8 Å². The molecule has 1 aromatic carbocycles. The van der Waals surface area contributed by atoms with Crippen LogP contribution in [0.3, 0.4) is 0 Å². The Morgan fingerprint density at radius 1 is 1.42 bits per heavy atom.